The fourth-order valence-corrected chi connectivity index (χ4v) is 3.55. The van der Waals surface area contributed by atoms with Crippen LogP contribution in [0.15, 0.2) is 58.1 Å². The van der Waals surface area contributed by atoms with E-state index < -0.39 is 11.9 Å². The van der Waals surface area contributed by atoms with Crippen LogP contribution in [-0.2, 0) is 9.59 Å². The first-order valence-corrected chi connectivity index (χ1v) is 12.4. The first kappa shape index (κ1) is 27.2. The van der Waals surface area contributed by atoms with Gasteiger partial charge in [0.05, 0.1) is 18.3 Å². The van der Waals surface area contributed by atoms with E-state index >= 15 is 0 Å². The molecule has 2 rings (SSSR count). The van der Waals surface area contributed by atoms with Crippen LogP contribution in [0, 0.1) is 0 Å². The van der Waals surface area contributed by atoms with Crippen LogP contribution in [-0.4, -0.2) is 30.5 Å². The molecule has 8 heteroatoms. The Morgan fingerprint density at radius 2 is 1.65 bits per heavy atom. The lowest BCUT2D eigenvalue weighted by atomic mass is 10.1. The molecule has 0 aliphatic heterocycles. The van der Waals surface area contributed by atoms with Gasteiger partial charge in [-0.1, -0.05) is 79.6 Å². The Morgan fingerprint density at radius 3 is 2.38 bits per heavy atom. The van der Waals surface area contributed by atoms with Crippen molar-refractivity contribution >= 4 is 39.9 Å². The lowest BCUT2D eigenvalue weighted by molar-refractivity contribution is -0.126. The first-order chi connectivity index (χ1) is 16.5. The Bertz CT molecular complexity index is 964. The number of nitrogens with one attached hydrogen (secondary N) is 2. The van der Waals surface area contributed by atoms with Crippen molar-refractivity contribution in [2.45, 2.75) is 58.3 Å². The van der Waals surface area contributed by atoms with Gasteiger partial charge < -0.3 is 10.1 Å². The molecule has 0 aliphatic carbocycles. The molecule has 0 unspecified atom stereocenters. The highest BCUT2D eigenvalue weighted by Gasteiger charge is 2.11. The topological polar surface area (TPSA) is 96.9 Å². The summed E-state index contributed by atoms with van der Waals surface area (Å²) in [6.07, 6.45) is 9.74. The molecule has 0 saturated carbocycles. The number of rotatable bonds is 14. The molecule has 2 aromatic carbocycles. The number of hydrogen-bond acceptors (Lipinski definition) is 5. The van der Waals surface area contributed by atoms with Gasteiger partial charge in [0.1, 0.15) is 5.75 Å². The molecular formula is C26H32BrN3O4. The first-order valence-electron chi connectivity index (χ1n) is 11.6. The number of carbonyl (C=O) groups is 3. The summed E-state index contributed by atoms with van der Waals surface area (Å²) >= 11 is 3.37. The summed E-state index contributed by atoms with van der Waals surface area (Å²) in [4.78, 5) is 36.2. The van der Waals surface area contributed by atoms with Crippen molar-refractivity contribution in [3.05, 3.63) is 64.1 Å². The summed E-state index contributed by atoms with van der Waals surface area (Å²) in [7, 11) is 0. The number of carbonyl (C=O) groups excluding carboxylic acids is 3. The van der Waals surface area contributed by atoms with Crippen molar-refractivity contribution in [3.8, 4) is 5.75 Å². The van der Waals surface area contributed by atoms with Gasteiger partial charge in [0, 0.05) is 16.5 Å². The number of unbranched alkanes of at least 4 members (excludes halogenated alkanes) is 6. The van der Waals surface area contributed by atoms with E-state index in [1.807, 2.05) is 6.07 Å². The molecular weight excluding hydrogens is 498 g/mol. The van der Waals surface area contributed by atoms with Crippen molar-refractivity contribution in [1.82, 2.24) is 10.7 Å². The van der Waals surface area contributed by atoms with E-state index in [1.54, 1.807) is 42.5 Å². The van der Waals surface area contributed by atoms with Crippen LogP contribution in [0.4, 0.5) is 0 Å². The average Bonchev–Trinajstić information content (AvgIpc) is 2.84. The Balaban J connectivity index is 1.76. The molecule has 0 bridgehead atoms. The molecule has 34 heavy (non-hydrogen) atoms. The van der Waals surface area contributed by atoms with E-state index in [2.05, 4.69) is 38.7 Å². The molecule has 2 N–H and O–H groups in total. The highest BCUT2D eigenvalue weighted by atomic mass is 79.9. The minimum atomic E-state index is -0.495. The summed E-state index contributed by atoms with van der Waals surface area (Å²) in [5.74, 6) is -0.778. The number of halogens is 1. The van der Waals surface area contributed by atoms with Crippen molar-refractivity contribution in [2.75, 3.05) is 6.54 Å². The largest absolute Gasteiger partial charge is 0.422 e. The zero-order valence-corrected chi connectivity index (χ0v) is 21.1. The maximum absolute atomic E-state index is 12.3. The minimum Gasteiger partial charge on any atom is -0.422 e. The lowest BCUT2D eigenvalue weighted by Gasteiger charge is -2.08. The van der Waals surface area contributed by atoms with E-state index in [9.17, 15) is 14.4 Å². The van der Waals surface area contributed by atoms with Crippen molar-refractivity contribution in [2.24, 2.45) is 5.10 Å². The SMILES string of the molecule is CCCCCCCCCC(=O)NCC(=O)NN=Cc1cc(Br)ccc1OC(=O)c1ccccc1. The van der Waals surface area contributed by atoms with Gasteiger partial charge >= 0.3 is 5.97 Å². The normalized spacial score (nSPS) is 10.8. The van der Waals surface area contributed by atoms with E-state index in [4.69, 9.17) is 4.74 Å². The molecule has 7 nitrogen and oxygen atoms in total. The van der Waals surface area contributed by atoms with Crippen LogP contribution < -0.4 is 15.5 Å². The predicted molar refractivity (Wildman–Crippen MR) is 137 cm³/mol. The summed E-state index contributed by atoms with van der Waals surface area (Å²) in [6.45, 7) is 2.04. The number of hydrogen-bond donors (Lipinski definition) is 2. The Labute approximate surface area is 209 Å². The number of ether oxygens (including phenoxy) is 1. The molecule has 0 radical (unpaired) electrons. The van der Waals surface area contributed by atoms with Crippen LogP contribution in [0.2, 0.25) is 0 Å². The number of hydrazone groups is 1. The van der Waals surface area contributed by atoms with E-state index in [-0.39, 0.29) is 12.5 Å². The second kappa shape index (κ2) is 15.8. The maximum atomic E-state index is 12.3. The molecule has 0 heterocycles. The van der Waals surface area contributed by atoms with Gasteiger partial charge in [0.15, 0.2) is 0 Å². The van der Waals surface area contributed by atoms with Gasteiger partial charge in [0.2, 0.25) is 5.91 Å². The molecule has 0 aromatic heterocycles. The fourth-order valence-electron chi connectivity index (χ4n) is 3.17. The van der Waals surface area contributed by atoms with Crippen LogP contribution in [0.1, 0.15) is 74.2 Å². The van der Waals surface area contributed by atoms with E-state index in [1.165, 1.54) is 31.9 Å². The van der Waals surface area contributed by atoms with Crippen LogP contribution >= 0.6 is 15.9 Å². The molecule has 0 atom stereocenters. The van der Waals surface area contributed by atoms with Gasteiger partial charge in [-0.15, -0.1) is 0 Å². The Kier molecular flexibility index (Phi) is 12.6. The quantitative estimate of drug-likeness (QED) is 0.113. The van der Waals surface area contributed by atoms with Crippen LogP contribution in [0.3, 0.4) is 0 Å². The third-order valence-electron chi connectivity index (χ3n) is 5.03. The summed E-state index contributed by atoms with van der Waals surface area (Å²) in [5.41, 5.74) is 3.30. The summed E-state index contributed by atoms with van der Waals surface area (Å²) < 4.78 is 6.24. The highest BCUT2D eigenvalue weighted by Crippen LogP contribution is 2.23. The molecule has 0 fully saturated rings. The second-order valence-corrected chi connectivity index (χ2v) is 8.79. The Hall–Kier alpha value is -3.00. The number of benzene rings is 2. The molecule has 2 aromatic rings. The molecule has 0 saturated heterocycles. The summed E-state index contributed by atoms with van der Waals surface area (Å²) in [5, 5.41) is 6.53. The number of nitrogens with zero attached hydrogens (tertiary/aromatic N) is 1. The number of amides is 2. The smallest absolute Gasteiger partial charge is 0.343 e. The minimum absolute atomic E-state index is 0.144. The van der Waals surface area contributed by atoms with E-state index in [0.717, 1.165) is 23.7 Å². The average molecular weight is 530 g/mol. The molecule has 0 aliphatic rings. The van der Waals surface area contributed by atoms with Gasteiger partial charge in [-0.3, -0.25) is 9.59 Å². The second-order valence-electron chi connectivity index (χ2n) is 7.88. The van der Waals surface area contributed by atoms with Crippen molar-refractivity contribution in [3.63, 3.8) is 0 Å². The van der Waals surface area contributed by atoms with Gasteiger partial charge in [0.25, 0.3) is 5.91 Å². The standard InChI is InChI=1S/C26H32BrN3O4/c1-2-3-4-5-6-7-11-14-24(31)28-19-25(32)30-29-18-21-17-22(27)15-16-23(21)34-26(33)20-12-9-8-10-13-20/h8-10,12-13,15-18H,2-7,11,14,19H2,1H3,(H,28,31)(H,30,32). The van der Waals surface area contributed by atoms with E-state index in [0.29, 0.717) is 23.3 Å². The molecule has 0 spiro atoms. The summed E-state index contributed by atoms with van der Waals surface area (Å²) in [6, 6.07) is 13.7. The third kappa shape index (κ3) is 10.7. The van der Waals surface area contributed by atoms with Crippen molar-refractivity contribution < 1.29 is 19.1 Å². The van der Waals surface area contributed by atoms with Gasteiger partial charge in [-0.05, 0) is 36.8 Å². The Morgan fingerprint density at radius 1 is 0.941 bits per heavy atom. The third-order valence-corrected chi connectivity index (χ3v) is 5.52. The van der Waals surface area contributed by atoms with Crippen molar-refractivity contribution in [1.29, 1.82) is 0 Å². The zero-order chi connectivity index (χ0) is 24.6. The monoisotopic (exact) mass is 529 g/mol. The number of esters is 1. The van der Waals surface area contributed by atoms with Crippen LogP contribution in [0.5, 0.6) is 5.75 Å². The van der Waals surface area contributed by atoms with Crippen LogP contribution in [0.25, 0.3) is 0 Å². The molecule has 182 valence electrons. The molecule has 2 amide bonds. The maximum Gasteiger partial charge on any atom is 0.343 e. The lowest BCUT2D eigenvalue weighted by Crippen LogP contribution is -2.34. The van der Waals surface area contributed by atoms with Gasteiger partial charge in [-0.25, -0.2) is 10.2 Å². The fraction of sp³-hybridized carbons (Fsp3) is 0.385. The van der Waals surface area contributed by atoms with Gasteiger partial charge in [-0.2, -0.15) is 5.10 Å². The predicted octanol–water partition coefficient (Wildman–Crippen LogP) is 5.38. The zero-order valence-electron chi connectivity index (χ0n) is 19.5. The highest BCUT2D eigenvalue weighted by molar-refractivity contribution is 9.10.